The predicted octanol–water partition coefficient (Wildman–Crippen LogP) is 2.23. The van der Waals surface area contributed by atoms with Crippen molar-refractivity contribution in [1.82, 2.24) is 15.3 Å². The van der Waals surface area contributed by atoms with Crippen LogP contribution in [0.4, 0.5) is 5.69 Å². The number of rotatable bonds is 6. The summed E-state index contributed by atoms with van der Waals surface area (Å²) in [4.78, 5) is 20.3. The highest BCUT2D eigenvalue weighted by atomic mass is 16.1. The summed E-state index contributed by atoms with van der Waals surface area (Å²) in [5.74, 6) is -0.198. The number of pyridine rings is 2. The van der Waals surface area contributed by atoms with E-state index in [1.165, 1.54) is 0 Å². The molecule has 0 atom stereocenters. The third kappa shape index (κ3) is 4.05. The van der Waals surface area contributed by atoms with Gasteiger partial charge in [0.05, 0.1) is 12.2 Å². The lowest BCUT2D eigenvalue weighted by Gasteiger charge is -2.07. The van der Waals surface area contributed by atoms with E-state index in [9.17, 15) is 4.79 Å². The van der Waals surface area contributed by atoms with Gasteiger partial charge in [-0.3, -0.25) is 14.8 Å². The molecular weight excluding hydrogens is 252 g/mol. The van der Waals surface area contributed by atoms with Gasteiger partial charge in [0, 0.05) is 24.6 Å². The van der Waals surface area contributed by atoms with Crippen LogP contribution >= 0.6 is 0 Å². The van der Waals surface area contributed by atoms with Gasteiger partial charge in [-0.2, -0.15) is 0 Å². The quantitative estimate of drug-likeness (QED) is 0.844. The van der Waals surface area contributed by atoms with Crippen molar-refractivity contribution in [2.45, 2.75) is 19.9 Å². The van der Waals surface area contributed by atoms with E-state index in [1.54, 1.807) is 18.5 Å². The first-order chi connectivity index (χ1) is 9.79. The Bertz CT molecular complexity index is 557. The van der Waals surface area contributed by atoms with Crippen LogP contribution in [-0.4, -0.2) is 22.4 Å². The van der Waals surface area contributed by atoms with Gasteiger partial charge in [0.15, 0.2) is 0 Å². The number of anilines is 1. The second-order valence-corrected chi connectivity index (χ2v) is 4.36. The van der Waals surface area contributed by atoms with E-state index in [2.05, 4.69) is 27.5 Å². The fraction of sp³-hybridized carbons (Fsp3) is 0.267. The average Bonchev–Trinajstić information content (AvgIpc) is 2.52. The van der Waals surface area contributed by atoms with Crippen molar-refractivity contribution >= 4 is 11.6 Å². The Labute approximate surface area is 118 Å². The molecular formula is C15H18N4O. The zero-order chi connectivity index (χ0) is 14.2. The number of carbonyl (C=O) groups is 1. The molecule has 2 N–H and O–H groups in total. The molecule has 0 aliphatic carbocycles. The molecule has 5 heteroatoms. The van der Waals surface area contributed by atoms with E-state index in [0.717, 1.165) is 24.3 Å². The molecule has 0 radical (unpaired) electrons. The molecule has 0 aromatic carbocycles. The molecule has 0 saturated carbocycles. The van der Waals surface area contributed by atoms with Gasteiger partial charge in [-0.05, 0) is 30.7 Å². The zero-order valence-electron chi connectivity index (χ0n) is 11.5. The molecule has 2 aromatic heterocycles. The van der Waals surface area contributed by atoms with Crippen molar-refractivity contribution in [3.05, 3.63) is 54.1 Å². The second kappa shape index (κ2) is 7.23. The van der Waals surface area contributed by atoms with Crippen LogP contribution in [0, 0.1) is 0 Å². The lowest BCUT2D eigenvalue weighted by Crippen LogP contribution is -2.24. The molecule has 0 bridgehead atoms. The Morgan fingerprint density at radius 2 is 2.10 bits per heavy atom. The maximum atomic E-state index is 12.0. The number of hydrogen-bond donors (Lipinski definition) is 2. The topological polar surface area (TPSA) is 66.9 Å². The van der Waals surface area contributed by atoms with Gasteiger partial charge in [0.2, 0.25) is 0 Å². The molecule has 2 aromatic rings. The average molecular weight is 270 g/mol. The Morgan fingerprint density at radius 3 is 2.85 bits per heavy atom. The Morgan fingerprint density at radius 1 is 1.20 bits per heavy atom. The molecule has 104 valence electrons. The Hall–Kier alpha value is -2.43. The normalized spacial score (nSPS) is 10.1. The molecule has 2 heterocycles. The van der Waals surface area contributed by atoms with Crippen LogP contribution in [0.2, 0.25) is 0 Å². The highest BCUT2D eigenvalue weighted by Gasteiger charge is 2.07. The molecule has 0 aliphatic heterocycles. The van der Waals surface area contributed by atoms with E-state index < -0.39 is 0 Å². The number of aromatic nitrogens is 2. The van der Waals surface area contributed by atoms with Crippen LogP contribution in [0.5, 0.6) is 0 Å². The van der Waals surface area contributed by atoms with E-state index >= 15 is 0 Å². The summed E-state index contributed by atoms with van der Waals surface area (Å²) < 4.78 is 0. The van der Waals surface area contributed by atoms with Crippen LogP contribution in [0.15, 0.2) is 42.7 Å². The smallest absolute Gasteiger partial charge is 0.270 e. The fourth-order valence-electron chi connectivity index (χ4n) is 1.70. The maximum absolute atomic E-state index is 12.0. The molecule has 0 spiro atoms. The van der Waals surface area contributed by atoms with Crippen molar-refractivity contribution in [2.75, 3.05) is 11.9 Å². The summed E-state index contributed by atoms with van der Waals surface area (Å²) in [6, 6.07) is 9.21. The van der Waals surface area contributed by atoms with E-state index in [1.807, 2.05) is 24.3 Å². The number of amides is 1. The van der Waals surface area contributed by atoms with E-state index in [-0.39, 0.29) is 5.91 Å². The molecule has 0 aliphatic rings. The first kappa shape index (κ1) is 14.0. The lowest BCUT2D eigenvalue weighted by atomic mass is 10.3. The minimum Gasteiger partial charge on any atom is -0.385 e. The summed E-state index contributed by atoms with van der Waals surface area (Å²) in [5, 5.41) is 6.04. The van der Waals surface area contributed by atoms with Crippen molar-refractivity contribution in [1.29, 1.82) is 0 Å². The van der Waals surface area contributed by atoms with Crippen LogP contribution in [0.1, 0.15) is 29.5 Å². The molecule has 2 rings (SSSR count). The van der Waals surface area contributed by atoms with Crippen LogP contribution in [-0.2, 0) is 6.54 Å². The molecule has 20 heavy (non-hydrogen) atoms. The summed E-state index contributed by atoms with van der Waals surface area (Å²) in [6.07, 6.45) is 4.37. The monoisotopic (exact) mass is 270 g/mol. The minimum atomic E-state index is -0.198. The standard InChI is InChI=1S/C15H18N4O/c1-2-7-16-12-6-9-18-14(10-12)15(20)19-11-13-5-3-4-8-17-13/h3-6,8-10H,2,7,11H2,1H3,(H,16,18)(H,19,20). The highest BCUT2D eigenvalue weighted by Crippen LogP contribution is 2.08. The third-order valence-electron chi connectivity index (χ3n) is 2.73. The Kier molecular flexibility index (Phi) is 5.06. The van der Waals surface area contributed by atoms with Gasteiger partial charge in [0.1, 0.15) is 5.69 Å². The number of carbonyl (C=O) groups excluding carboxylic acids is 1. The van der Waals surface area contributed by atoms with Crippen LogP contribution in [0.3, 0.4) is 0 Å². The van der Waals surface area contributed by atoms with Gasteiger partial charge in [0.25, 0.3) is 5.91 Å². The first-order valence-electron chi connectivity index (χ1n) is 6.67. The second-order valence-electron chi connectivity index (χ2n) is 4.36. The van der Waals surface area contributed by atoms with Crippen LogP contribution < -0.4 is 10.6 Å². The number of nitrogens with one attached hydrogen (secondary N) is 2. The summed E-state index contributed by atoms with van der Waals surface area (Å²) >= 11 is 0. The van der Waals surface area contributed by atoms with Gasteiger partial charge in [-0.15, -0.1) is 0 Å². The van der Waals surface area contributed by atoms with Crippen molar-refractivity contribution in [3.8, 4) is 0 Å². The fourth-order valence-corrected chi connectivity index (χ4v) is 1.70. The lowest BCUT2D eigenvalue weighted by molar-refractivity contribution is 0.0945. The van der Waals surface area contributed by atoms with Crippen LogP contribution in [0.25, 0.3) is 0 Å². The first-order valence-corrected chi connectivity index (χ1v) is 6.67. The van der Waals surface area contributed by atoms with Crippen molar-refractivity contribution in [3.63, 3.8) is 0 Å². The SMILES string of the molecule is CCCNc1ccnc(C(=O)NCc2ccccn2)c1. The molecule has 5 nitrogen and oxygen atoms in total. The van der Waals surface area contributed by atoms with E-state index in [4.69, 9.17) is 0 Å². The zero-order valence-corrected chi connectivity index (χ0v) is 11.5. The van der Waals surface area contributed by atoms with E-state index in [0.29, 0.717) is 12.2 Å². The minimum absolute atomic E-state index is 0.198. The predicted molar refractivity (Wildman–Crippen MR) is 78.4 cm³/mol. The highest BCUT2D eigenvalue weighted by molar-refractivity contribution is 5.93. The summed E-state index contributed by atoms with van der Waals surface area (Å²) in [5.41, 5.74) is 2.13. The molecule has 0 fully saturated rings. The Balaban J connectivity index is 1.95. The maximum Gasteiger partial charge on any atom is 0.270 e. The molecule has 0 unspecified atom stereocenters. The van der Waals surface area contributed by atoms with Crippen molar-refractivity contribution < 1.29 is 4.79 Å². The van der Waals surface area contributed by atoms with Gasteiger partial charge >= 0.3 is 0 Å². The van der Waals surface area contributed by atoms with Gasteiger partial charge in [-0.1, -0.05) is 13.0 Å². The van der Waals surface area contributed by atoms with Gasteiger partial charge < -0.3 is 10.6 Å². The summed E-state index contributed by atoms with van der Waals surface area (Å²) in [7, 11) is 0. The molecule has 1 amide bonds. The third-order valence-corrected chi connectivity index (χ3v) is 2.73. The van der Waals surface area contributed by atoms with Crippen molar-refractivity contribution in [2.24, 2.45) is 0 Å². The summed E-state index contributed by atoms with van der Waals surface area (Å²) in [6.45, 7) is 3.36. The number of hydrogen-bond acceptors (Lipinski definition) is 4. The van der Waals surface area contributed by atoms with Gasteiger partial charge in [-0.25, -0.2) is 0 Å². The number of nitrogens with zero attached hydrogens (tertiary/aromatic N) is 2. The largest absolute Gasteiger partial charge is 0.385 e. The molecule has 0 saturated heterocycles.